The third kappa shape index (κ3) is 2.02. The first-order valence-electron chi connectivity index (χ1n) is 7.17. The number of nitrogens with zero attached hydrogens (tertiary/aromatic N) is 1. The molecule has 0 unspecified atom stereocenters. The number of anilines is 2. The van der Waals surface area contributed by atoms with E-state index in [1.165, 1.54) is 5.56 Å². The summed E-state index contributed by atoms with van der Waals surface area (Å²) in [5, 5.41) is 0. The van der Waals surface area contributed by atoms with Gasteiger partial charge in [-0.05, 0) is 51.3 Å². The van der Waals surface area contributed by atoms with Gasteiger partial charge in [0.15, 0.2) is 0 Å². The Morgan fingerprint density at radius 1 is 1.19 bits per heavy atom. The molecule has 21 heavy (non-hydrogen) atoms. The van der Waals surface area contributed by atoms with Crippen molar-refractivity contribution in [3.05, 3.63) is 45.9 Å². The highest BCUT2D eigenvalue weighted by atomic mass is 16.3. The Bertz CT molecular complexity index is 744. The zero-order chi connectivity index (χ0) is 15.3. The number of furan rings is 1. The molecule has 0 bridgehead atoms. The molecular weight excluding hydrogens is 264 g/mol. The summed E-state index contributed by atoms with van der Waals surface area (Å²) < 4.78 is 5.58. The summed E-state index contributed by atoms with van der Waals surface area (Å²) in [6, 6.07) is 3.99. The fourth-order valence-corrected chi connectivity index (χ4v) is 3.03. The summed E-state index contributed by atoms with van der Waals surface area (Å²) in [5.74, 6) is 1.49. The van der Waals surface area contributed by atoms with Crippen molar-refractivity contribution in [3.63, 3.8) is 0 Å². The molecule has 2 aromatic rings. The molecule has 0 atom stereocenters. The first-order valence-corrected chi connectivity index (χ1v) is 7.17. The van der Waals surface area contributed by atoms with E-state index in [9.17, 15) is 4.79 Å². The minimum atomic E-state index is 0.00357. The summed E-state index contributed by atoms with van der Waals surface area (Å²) in [7, 11) is 0. The van der Waals surface area contributed by atoms with Crippen molar-refractivity contribution in [3.8, 4) is 0 Å². The molecule has 0 spiro atoms. The number of rotatable bonds is 1. The summed E-state index contributed by atoms with van der Waals surface area (Å²) in [4.78, 5) is 14.7. The van der Waals surface area contributed by atoms with Crippen LogP contribution in [0.25, 0.3) is 0 Å². The maximum Gasteiger partial charge on any atom is 0.262 e. The smallest absolute Gasteiger partial charge is 0.262 e. The minimum Gasteiger partial charge on any atom is -0.466 e. The zero-order valence-corrected chi connectivity index (χ0v) is 12.9. The lowest BCUT2D eigenvalue weighted by molar-refractivity contribution is 0.0987. The minimum absolute atomic E-state index is 0.00357. The Kier molecular flexibility index (Phi) is 3.04. The summed E-state index contributed by atoms with van der Waals surface area (Å²) in [5.41, 5.74) is 11.5. The number of fused-ring (bicyclic) bond motifs is 1. The maximum atomic E-state index is 12.9. The summed E-state index contributed by atoms with van der Waals surface area (Å²) in [6.45, 7) is 8.35. The predicted molar refractivity (Wildman–Crippen MR) is 83.9 cm³/mol. The highest BCUT2D eigenvalue weighted by Crippen LogP contribution is 2.34. The van der Waals surface area contributed by atoms with Gasteiger partial charge in [-0.2, -0.15) is 0 Å². The van der Waals surface area contributed by atoms with E-state index in [0.717, 1.165) is 34.7 Å². The number of carbonyl (C=O) groups is 1. The van der Waals surface area contributed by atoms with Crippen LogP contribution in [-0.4, -0.2) is 12.5 Å². The van der Waals surface area contributed by atoms with Gasteiger partial charge in [0, 0.05) is 23.5 Å². The number of nitrogens with two attached hydrogens (primary N) is 1. The molecule has 3 rings (SSSR count). The number of benzene rings is 1. The van der Waals surface area contributed by atoms with Crippen LogP contribution in [0.4, 0.5) is 11.4 Å². The lowest BCUT2D eigenvalue weighted by Gasteiger charge is -2.18. The zero-order valence-electron chi connectivity index (χ0n) is 12.9. The first-order chi connectivity index (χ1) is 9.90. The Balaban J connectivity index is 2.05. The van der Waals surface area contributed by atoms with Crippen LogP contribution < -0.4 is 10.6 Å². The van der Waals surface area contributed by atoms with Gasteiger partial charge < -0.3 is 15.1 Å². The van der Waals surface area contributed by atoms with Crippen LogP contribution in [-0.2, 0) is 6.42 Å². The lowest BCUT2D eigenvalue weighted by Crippen LogP contribution is -2.29. The number of amides is 1. The molecule has 1 aromatic carbocycles. The summed E-state index contributed by atoms with van der Waals surface area (Å²) in [6.07, 6.45) is 0.872. The Morgan fingerprint density at radius 2 is 1.90 bits per heavy atom. The number of hydrogen-bond acceptors (Lipinski definition) is 3. The van der Waals surface area contributed by atoms with E-state index in [-0.39, 0.29) is 5.91 Å². The molecule has 1 amide bonds. The molecule has 1 aromatic heterocycles. The van der Waals surface area contributed by atoms with Gasteiger partial charge in [0.2, 0.25) is 0 Å². The van der Waals surface area contributed by atoms with Gasteiger partial charge in [-0.1, -0.05) is 6.07 Å². The SMILES string of the molecule is Cc1cc2c(cc1N)N(C(=O)c1c(C)oc(C)c1C)CC2. The molecule has 0 saturated heterocycles. The van der Waals surface area contributed by atoms with E-state index < -0.39 is 0 Å². The highest BCUT2D eigenvalue weighted by Gasteiger charge is 2.30. The van der Waals surface area contributed by atoms with Gasteiger partial charge in [0.05, 0.1) is 5.56 Å². The molecule has 0 fully saturated rings. The van der Waals surface area contributed by atoms with Crippen molar-refractivity contribution in [2.45, 2.75) is 34.1 Å². The van der Waals surface area contributed by atoms with E-state index in [0.29, 0.717) is 17.9 Å². The molecule has 1 aliphatic heterocycles. The van der Waals surface area contributed by atoms with Gasteiger partial charge in [-0.3, -0.25) is 4.79 Å². The van der Waals surface area contributed by atoms with E-state index >= 15 is 0 Å². The van der Waals surface area contributed by atoms with E-state index in [4.69, 9.17) is 10.2 Å². The van der Waals surface area contributed by atoms with Gasteiger partial charge in [0.25, 0.3) is 5.91 Å². The maximum absolute atomic E-state index is 12.9. The van der Waals surface area contributed by atoms with Crippen molar-refractivity contribution in [1.82, 2.24) is 0 Å². The van der Waals surface area contributed by atoms with Gasteiger partial charge in [-0.25, -0.2) is 0 Å². The molecule has 2 N–H and O–H groups in total. The van der Waals surface area contributed by atoms with Crippen LogP contribution >= 0.6 is 0 Å². The quantitative estimate of drug-likeness (QED) is 0.817. The number of carbonyl (C=O) groups excluding carboxylic acids is 1. The predicted octanol–water partition coefficient (Wildman–Crippen LogP) is 3.30. The van der Waals surface area contributed by atoms with Crippen LogP contribution in [0.5, 0.6) is 0 Å². The van der Waals surface area contributed by atoms with Crippen molar-refractivity contribution < 1.29 is 9.21 Å². The number of nitrogen functional groups attached to an aromatic ring is 1. The normalized spacial score (nSPS) is 13.6. The van der Waals surface area contributed by atoms with Gasteiger partial charge in [-0.15, -0.1) is 0 Å². The van der Waals surface area contributed by atoms with Crippen LogP contribution in [0.1, 0.15) is 38.6 Å². The Hall–Kier alpha value is -2.23. The largest absolute Gasteiger partial charge is 0.466 e. The molecule has 0 saturated carbocycles. The molecule has 4 heteroatoms. The van der Waals surface area contributed by atoms with Crippen molar-refractivity contribution in [2.75, 3.05) is 17.2 Å². The van der Waals surface area contributed by atoms with Gasteiger partial charge in [0.1, 0.15) is 11.5 Å². The summed E-state index contributed by atoms with van der Waals surface area (Å²) >= 11 is 0. The van der Waals surface area contributed by atoms with Gasteiger partial charge >= 0.3 is 0 Å². The average molecular weight is 284 g/mol. The topological polar surface area (TPSA) is 59.5 Å². The van der Waals surface area contributed by atoms with Crippen molar-refractivity contribution in [2.24, 2.45) is 0 Å². The Morgan fingerprint density at radius 3 is 2.52 bits per heavy atom. The number of hydrogen-bond donors (Lipinski definition) is 1. The second-order valence-corrected chi connectivity index (χ2v) is 5.76. The van der Waals surface area contributed by atoms with Crippen LogP contribution in [0, 0.1) is 27.7 Å². The van der Waals surface area contributed by atoms with E-state index in [1.807, 2.05) is 38.7 Å². The average Bonchev–Trinajstić information content (AvgIpc) is 2.92. The molecule has 0 aliphatic carbocycles. The van der Waals surface area contributed by atoms with Crippen molar-refractivity contribution >= 4 is 17.3 Å². The molecule has 110 valence electrons. The highest BCUT2D eigenvalue weighted by molar-refractivity contribution is 6.09. The second-order valence-electron chi connectivity index (χ2n) is 5.76. The fraction of sp³-hybridized carbons (Fsp3) is 0.353. The monoisotopic (exact) mass is 284 g/mol. The fourth-order valence-electron chi connectivity index (χ4n) is 3.03. The Labute approximate surface area is 124 Å². The van der Waals surface area contributed by atoms with E-state index in [2.05, 4.69) is 6.07 Å². The van der Waals surface area contributed by atoms with E-state index in [1.54, 1.807) is 0 Å². The third-order valence-electron chi connectivity index (χ3n) is 4.38. The molecule has 4 nitrogen and oxygen atoms in total. The first kappa shape index (κ1) is 13.7. The lowest BCUT2D eigenvalue weighted by atomic mass is 10.1. The molecular formula is C17H20N2O2. The van der Waals surface area contributed by atoms with Crippen LogP contribution in [0.3, 0.4) is 0 Å². The number of aryl methyl sites for hydroxylation is 3. The second kappa shape index (κ2) is 4.65. The van der Waals surface area contributed by atoms with Crippen LogP contribution in [0.15, 0.2) is 16.5 Å². The third-order valence-corrected chi connectivity index (χ3v) is 4.38. The molecule has 2 heterocycles. The van der Waals surface area contributed by atoms with Crippen LogP contribution in [0.2, 0.25) is 0 Å². The van der Waals surface area contributed by atoms with Crippen molar-refractivity contribution in [1.29, 1.82) is 0 Å². The standard InChI is InChI=1S/C17H20N2O2/c1-9-7-13-5-6-19(15(13)8-14(9)18)17(20)16-10(2)11(3)21-12(16)4/h7-8H,5-6,18H2,1-4H3. The molecule has 1 aliphatic rings. The molecule has 0 radical (unpaired) electrons.